The predicted molar refractivity (Wildman–Crippen MR) is 74.4 cm³/mol. The molecule has 1 heterocycles. The fraction of sp³-hybridized carbons (Fsp3) is 0.286. The van der Waals surface area contributed by atoms with Crippen molar-refractivity contribution in [3.63, 3.8) is 0 Å². The molecule has 1 saturated heterocycles. The van der Waals surface area contributed by atoms with E-state index in [9.17, 15) is 9.59 Å². The number of amides is 1. The number of hydrogen-bond acceptors (Lipinski definition) is 3. The standard InChI is InChI=1S/C14H14ClNO4/c15-11-4-1-10(2-5-11)3-6-13(17)16-7-8-20-9-12(16)14(18)19/h1-6,12H,7-9H2,(H,18,19)/b6-3-/t12-/m0/s1. The summed E-state index contributed by atoms with van der Waals surface area (Å²) < 4.78 is 5.09. The van der Waals surface area contributed by atoms with Gasteiger partial charge in [-0.15, -0.1) is 0 Å². The number of nitrogens with zero attached hydrogens (tertiary/aromatic N) is 1. The number of ether oxygens (including phenoxy) is 1. The van der Waals surface area contributed by atoms with Crippen LogP contribution in [0, 0.1) is 0 Å². The van der Waals surface area contributed by atoms with E-state index in [-0.39, 0.29) is 19.1 Å². The number of carboxylic acids is 1. The van der Waals surface area contributed by atoms with Crippen LogP contribution in [0.2, 0.25) is 5.02 Å². The number of carboxylic acid groups (broad SMARTS) is 1. The number of carbonyl (C=O) groups is 2. The number of morpholine rings is 1. The van der Waals surface area contributed by atoms with E-state index in [1.165, 1.54) is 11.0 Å². The van der Waals surface area contributed by atoms with Crippen LogP contribution in [0.1, 0.15) is 5.56 Å². The highest BCUT2D eigenvalue weighted by Gasteiger charge is 2.31. The third kappa shape index (κ3) is 3.59. The Morgan fingerprint density at radius 1 is 1.35 bits per heavy atom. The summed E-state index contributed by atoms with van der Waals surface area (Å²) in [6.07, 6.45) is 3.00. The topological polar surface area (TPSA) is 66.8 Å². The van der Waals surface area contributed by atoms with Crippen LogP contribution in [0.4, 0.5) is 0 Å². The SMILES string of the molecule is O=C(O)[C@@H]1COCCN1C(=O)/C=C\c1ccc(Cl)cc1. The molecule has 1 aliphatic heterocycles. The molecule has 1 atom stereocenters. The van der Waals surface area contributed by atoms with Gasteiger partial charge >= 0.3 is 5.97 Å². The van der Waals surface area contributed by atoms with Gasteiger partial charge < -0.3 is 14.7 Å². The Bertz CT molecular complexity index is 526. The van der Waals surface area contributed by atoms with Gasteiger partial charge in [0, 0.05) is 17.6 Å². The van der Waals surface area contributed by atoms with Crippen LogP contribution < -0.4 is 0 Å². The maximum atomic E-state index is 12.0. The van der Waals surface area contributed by atoms with Crippen molar-refractivity contribution in [3.8, 4) is 0 Å². The van der Waals surface area contributed by atoms with Gasteiger partial charge in [0.25, 0.3) is 0 Å². The lowest BCUT2D eigenvalue weighted by atomic mass is 10.2. The highest BCUT2D eigenvalue weighted by atomic mass is 35.5. The van der Waals surface area contributed by atoms with Gasteiger partial charge in [0.2, 0.25) is 5.91 Å². The first-order valence-electron chi connectivity index (χ1n) is 6.13. The Kier molecular flexibility index (Phi) is 4.76. The van der Waals surface area contributed by atoms with E-state index in [2.05, 4.69) is 0 Å². The van der Waals surface area contributed by atoms with E-state index < -0.39 is 12.0 Å². The largest absolute Gasteiger partial charge is 0.480 e. The first-order chi connectivity index (χ1) is 9.58. The summed E-state index contributed by atoms with van der Waals surface area (Å²) >= 11 is 5.77. The normalized spacial score (nSPS) is 19.2. The lowest BCUT2D eigenvalue weighted by molar-refractivity contribution is -0.156. The summed E-state index contributed by atoms with van der Waals surface area (Å²) in [5, 5.41) is 9.68. The van der Waals surface area contributed by atoms with Gasteiger partial charge in [-0.1, -0.05) is 23.7 Å². The molecule has 106 valence electrons. The molecule has 6 heteroatoms. The Morgan fingerprint density at radius 2 is 2.05 bits per heavy atom. The molecule has 1 aromatic carbocycles. The van der Waals surface area contributed by atoms with E-state index in [0.717, 1.165) is 5.56 Å². The van der Waals surface area contributed by atoms with Crippen LogP contribution >= 0.6 is 11.6 Å². The number of carbonyl (C=O) groups excluding carboxylic acids is 1. The van der Waals surface area contributed by atoms with Gasteiger partial charge in [-0.05, 0) is 23.8 Å². The second-order valence-corrected chi connectivity index (χ2v) is 4.78. The zero-order valence-corrected chi connectivity index (χ0v) is 11.4. The second kappa shape index (κ2) is 6.54. The molecule has 1 aliphatic rings. The van der Waals surface area contributed by atoms with Crippen molar-refractivity contribution in [2.75, 3.05) is 19.8 Å². The van der Waals surface area contributed by atoms with E-state index in [4.69, 9.17) is 21.4 Å². The average molecular weight is 296 g/mol. The molecule has 20 heavy (non-hydrogen) atoms. The molecule has 1 amide bonds. The molecule has 1 N–H and O–H groups in total. The Balaban J connectivity index is 2.06. The first-order valence-corrected chi connectivity index (χ1v) is 6.50. The maximum Gasteiger partial charge on any atom is 0.328 e. The molecule has 1 fully saturated rings. The van der Waals surface area contributed by atoms with E-state index in [1.54, 1.807) is 30.3 Å². The molecule has 1 aromatic rings. The number of rotatable bonds is 3. The highest BCUT2D eigenvalue weighted by Crippen LogP contribution is 2.12. The van der Waals surface area contributed by atoms with Crippen LogP contribution in [0.25, 0.3) is 6.08 Å². The molecule has 0 radical (unpaired) electrons. The quantitative estimate of drug-likeness (QED) is 0.861. The zero-order valence-electron chi connectivity index (χ0n) is 10.7. The molecule has 0 aliphatic carbocycles. The third-order valence-corrected chi connectivity index (χ3v) is 3.24. The van der Waals surface area contributed by atoms with Crippen molar-refractivity contribution < 1.29 is 19.4 Å². The second-order valence-electron chi connectivity index (χ2n) is 4.35. The number of aliphatic carboxylic acids is 1. The minimum Gasteiger partial charge on any atom is -0.480 e. The minimum atomic E-state index is -1.06. The highest BCUT2D eigenvalue weighted by molar-refractivity contribution is 6.30. The molecular weight excluding hydrogens is 282 g/mol. The van der Waals surface area contributed by atoms with Crippen LogP contribution in [0.15, 0.2) is 30.3 Å². The van der Waals surface area contributed by atoms with Gasteiger partial charge in [-0.25, -0.2) is 4.79 Å². The summed E-state index contributed by atoms with van der Waals surface area (Å²) in [4.78, 5) is 24.4. The van der Waals surface area contributed by atoms with Gasteiger partial charge in [-0.3, -0.25) is 4.79 Å². The zero-order chi connectivity index (χ0) is 14.5. The van der Waals surface area contributed by atoms with E-state index >= 15 is 0 Å². The van der Waals surface area contributed by atoms with E-state index in [1.807, 2.05) is 0 Å². The number of benzene rings is 1. The van der Waals surface area contributed by atoms with Gasteiger partial charge in [0.1, 0.15) is 0 Å². The number of hydrogen-bond donors (Lipinski definition) is 1. The average Bonchev–Trinajstić information content (AvgIpc) is 2.46. The maximum absolute atomic E-state index is 12.0. The number of halogens is 1. The summed E-state index contributed by atoms with van der Waals surface area (Å²) in [6.45, 7) is 0.654. The molecule has 5 nitrogen and oxygen atoms in total. The lowest BCUT2D eigenvalue weighted by Crippen LogP contribution is -2.52. The summed E-state index contributed by atoms with van der Waals surface area (Å²) in [7, 11) is 0. The van der Waals surface area contributed by atoms with Crippen molar-refractivity contribution in [2.45, 2.75) is 6.04 Å². The van der Waals surface area contributed by atoms with Crippen molar-refractivity contribution in [2.24, 2.45) is 0 Å². The van der Waals surface area contributed by atoms with Crippen molar-refractivity contribution in [3.05, 3.63) is 40.9 Å². The Labute approximate surface area is 121 Å². The lowest BCUT2D eigenvalue weighted by Gasteiger charge is -2.31. The smallest absolute Gasteiger partial charge is 0.328 e. The van der Waals surface area contributed by atoms with Crippen molar-refractivity contribution in [1.82, 2.24) is 4.90 Å². The van der Waals surface area contributed by atoms with Crippen LogP contribution in [0.3, 0.4) is 0 Å². The Hall–Kier alpha value is -1.85. The fourth-order valence-corrected chi connectivity index (χ4v) is 2.04. The third-order valence-electron chi connectivity index (χ3n) is 2.98. The van der Waals surface area contributed by atoms with Gasteiger partial charge in [-0.2, -0.15) is 0 Å². The van der Waals surface area contributed by atoms with E-state index in [0.29, 0.717) is 11.6 Å². The molecular formula is C14H14ClNO4. The van der Waals surface area contributed by atoms with Gasteiger partial charge in [0.05, 0.1) is 13.2 Å². The van der Waals surface area contributed by atoms with Crippen LogP contribution in [-0.4, -0.2) is 47.7 Å². The summed E-state index contributed by atoms with van der Waals surface area (Å²) in [5.41, 5.74) is 0.822. The molecule has 0 bridgehead atoms. The van der Waals surface area contributed by atoms with Crippen LogP contribution in [-0.2, 0) is 14.3 Å². The van der Waals surface area contributed by atoms with Crippen molar-refractivity contribution >= 4 is 29.6 Å². The fourth-order valence-electron chi connectivity index (χ4n) is 1.91. The summed E-state index contributed by atoms with van der Waals surface area (Å²) in [6, 6.07) is 6.08. The van der Waals surface area contributed by atoms with Gasteiger partial charge in [0.15, 0.2) is 6.04 Å². The predicted octanol–water partition coefficient (Wildman–Crippen LogP) is 1.67. The van der Waals surface area contributed by atoms with Crippen LogP contribution in [0.5, 0.6) is 0 Å². The molecule has 2 rings (SSSR count). The monoisotopic (exact) mass is 295 g/mol. The van der Waals surface area contributed by atoms with Crippen molar-refractivity contribution in [1.29, 1.82) is 0 Å². The molecule has 0 unspecified atom stereocenters. The Morgan fingerprint density at radius 3 is 2.70 bits per heavy atom. The molecule has 0 spiro atoms. The summed E-state index contributed by atoms with van der Waals surface area (Å²) in [5.74, 6) is -1.39. The molecule has 0 aromatic heterocycles. The first kappa shape index (κ1) is 14.6. The molecule has 0 saturated carbocycles. The minimum absolute atomic E-state index is 0.0237.